The summed E-state index contributed by atoms with van der Waals surface area (Å²) < 4.78 is 10.1. The van der Waals surface area contributed by atoms with Gasteiger partial charge >= 0.3 is 5.97 Å². The van der Waals surface area contributed by atoms with Gasteiger partial charge in [0, 0.05) is 26.2 Å². The smallest absolute Gasteiger partial charge is 0.307 e. The molecule has 2 atom stereocenters. The lowest BCUT2D eigenvalue weighted by atomic mass is 10.1. The molecular formula is C12H20N2O4. The largest absolute Gasteiger partial charge is 0.469 e. The molecule has 0 aromatic carbocycles. The summed E-state index contributed by atoms with van der Waals surface area (Å²) >= 11 is 0. The van der Waals surface area contributed by atoms with Gasteiger partial charge in [-0.3, -0.25) is 9.59 Å². The van der Waals surface area contributed by atoms with E-state index in [4.69, 9.17) is 4.74 Å². The minimum absolute atomic E-state index is 0.0258. The summed E-state index contributed by atoms with van der Waals surface area (Å²) in [6.45, 7) is 2.81. The van der Waals surface area contributed by atoms with E-state index in [1.165, 1.54) is 7.11 Å². The number of esters is 1. The van der Waals surface area contributed by atoms with Crippen molar-refractivity contribution in [2.24, 2.45) is 0 Å². The number of rotatable bonds is 4. The molecule has 18 heavy (non-hydrogen) atoms. The Morgan fingerprint density at radius 1 is 1.61 bits per heavy atom. The molecule has 0 aromatic rings. The van der Waals surface area contributed by atoms with Crippen LogP contribution in [0.3, 0.4) is 0 Å². The Hall–Kier alpha value is -1.14. The second-order valence-electron chi connectivity index (χ2n) is 4.71. The molecule has 2 rings (SSSR count). The summed E-state index contributed by atoms with van der Waals surface area (Å²) in [5.41, 5.74) is 0. The number of methoxy groups -OCH3 is 1. The van der Waals surface area contributed by atoms with Gasteiger partial charge in [0.15, 0.2) is 0 Å². The first-order chi connectivity index (χ1) is 8.70. The van der Waals surface area contributed by atoms with Crippen LogP contribution in [-0.2, 0) is 19.1 Å². The van der Waals surface area contributed by atoms with E-state index < -0.39 is 6.04 Å². The van der Waals surface area contributed by atoms with Gasteiger partial charge in [0.1, 0.15) is 0 Å². The fraction of sp³-hybridized carbons (Fsp3) is 0.833. The van der Waals surface area contributed by atoms with Crippen LogP contribution in [0.1, 0.15) is 19.3 Å². The molecule has 102 valence electrons. The zero-order valence-electron chi connectivity index (χ0n) is 10.7. The maximum absolute atomic E-state index is 12.2. The maximum Gasteiger partial charge on any atom is 0.307 e. The van der Waals surface area contributed by atoms with Crippen LogP contribution < -0.4 is 5.32 Å². The standard InChI is InChI=1S/C12H20N2O4/c1-17-11(15)7-10-12(16)14(5-4-13-10)8-9-3-2-6-18-9/h9-10,13H,2-8H2,1H3. The van der Waals surface area contributed by atoms with Crippen LogP contribution in [-0.4, -0.2) is 62.3 Å². The SMILES string of the molecule is COC(=O)CC1NCCN(CC2CCCO2)C1=O. The Bertz CT molecular complexity index is 315. The molecule has 0 aliphatic carbocycles. The Labute approximate surface area is 107 Å². The summed E-state index contributed by atoms with van der Waals surface area (Å²) in [6.07, 6.45) is 2.33. The van der Waals surface area contributed by atoms with Gasteiger partial charge in [-0.1, -0.05) is 0 Å². The number of piperazine rings is 1. The number of nitrogens with one attached hydrogen (secondary N) is 1. The molecule has 0 saturated carbocycles. The molecule has 2 aliphatic rings. The van der Waals surface area contributed by atoms with E-state index in [9.17, 15) is 9.59 Å². The van der Waals surface area contributed by atoms with Crippen molar-refractivity contribution < 1.29 is 19.1 Å². The Morgan fingerprint density at radius 2 is 2.44 bits per heavy atom. The first-order valence-electron chi connectivity index (χ1n) is 6.41. The van der Waals surface area contributed by atoms with Gasteiger partial charge < -0.3 is 19.7 Å². The van der Waals surface area contributed by atoms with Gasteiger partial charge in [0.05, 0.1) is 25.7 Å². The van der Waals surface area contributed by atoms with Crippen molar-refractivity contribution in [3.63, 3.8) is 0 Å². The third kappa shape index (κ3) is 3.20. The van der Waals surface area contributed by atoms with Crippen molar-refractivity contribution in [2.75, 3.05) is 33.4 Å². The molecule has 0 aromatic heterocycles. The maximum atomic E-state index is 12.2. The van der Waals surface area contributed by atoms with Crippen molar-refractivity contribution in [1.29, 1.82) is 0 Å². The van der Waals surface area contributed by atoms with Crippen LogP contribution in [0.15, 0.2) is 0 Å². The Morgan fingerprint density at radius 3 is 3.11 bits per heavy atom. The van der Waals surface area contributed by atoms with E-state index in [1.807, 2.05) is 0 Å². The van der Waals surface area contributed by atoms with Crippen molar-refractivity contribution >= 4 is 11.9 Å². The highest BCUT2D eigenvalue weighted by Crippen LogP contribution is 2.15. The summed E-state index contributed by atoms with van der Waals surface area (Å²) in [5.74, 6) is -0.387. The molecular weight excluding hydrogens is 236 g/mol. The van der Waals surface area contributed by atoms with E-state index in [0.29, 0.717) is 19.6 Å². The van der Waals surface area contributed by atoms with Crippen LogP contribution in [0, 0.1) is 0 Å². The molecule has 6 heteroatoms. The lowest BCUT2D eigenvalue weighted by molar-refractivity contribution is -0.146. The highest BCUT2D eigenvalue weighted by molar-refractivity contribution is 5.87. The average molecular weight is 256 g/mol. The minimum atomic E-state index is -0.451. The zero-order valence-corrected chi connectivity index (χ0v) is 10.7. The number of carbonyl (C=O) groups excluding carboxylic acids is 2. The average Bonchev–Trinajstić information content (AvgIpc) is 2.87. The predicted molar refractivity (Wildman–Crippen MR) is 64.0 cm³/mol. The summed E-state index contributed by atoms with van der Waals surface area (Å²) in [7, 11) is 1.33. The topological polar surface area (TPSA) is 67.9 Å². The molecule has 2 aliphatic heterocycles. The molecule has 1 amide bonds. The summed E-state index contributed by atoms with van der Waals surface area (Å²) in [6, 6.07) is -0.451. The normalized spacial score (nSPS) is 28.5. The van der Waals surface area contributed by atoms with Crippen molar-refractivity contribution in [1.82, 2.24) is 10.2 Å². The number of carbonyl (C=O) groups is 2. The predicted octanol–water partition coefficient (Wildman–Crippen LogP) is -0.471. The number of hydrogen-bond donors (Lipinski definition) is 1. The van der Waals surface area contributed by atoms with Crippen LogP contribution in [0.2, 0.25) is 0 Å². The molecule has 1 N–H and O–H groups in total. The molecule has 2 saturated heterocycles. The number of amides is 1. The molecule has 0 radical (unpaired) electrons. The zero-order chi connectivity index (χ0) is 13.0. The van der Waals surface area contributed by atoms with Gasteiger partial charge in [-0.05, 0) is 12.8 Å². The molecule has 2 heterocycles. The van der Waals surface area contributed by atoms with Gasteiger partial charge in [-0.25, -0.2) is 0 Å². The van der Waals surface area contributed by atoms with Crippen molar-refractivity contribution in [3.05, 3.63) is 0 Å². The Kier molecular flexibility index (Phi) is 4.54. The summed E-state index contributed by atoms with van der Waals surface area (Å²) in [5, 5.41) is 3.06. The first kappa shape index (κ1) is 13.3. The fourth-order valence-electron chi connectivity index (χ4n) is 2.42. The van der Waals surface area contributed by atoms with E-state index in [0.717, 1.165) is 19.4 Å². The second-order valence-corrected chi connectivity index (χ2v) is 4.71. The molecule has 2 fully saturated rings. The molecule has 6 nitrogen and oxygen atoms in total. The van der Waals surface area contributed by atoms with Crippen LogP contribution >= 0.6 is 0 Å². The van der Waals surface area contributed by atoms with Crippen LogP contribution in [0.5, 0.6) is 0 Å². The quantitative estimate of drug-likeness (QED) is 0.689. The third-order valence-electron chi connectivity index (χ3n) is 3.43. The molecule has 0 bridgehead atoms. The summed E-state index contributed by atoms with van der Waals surface area (Å²) in [4.78, 5) is 25.2. The lowest BCUT2D eigenvalue weighted by Crippen LogP contribution is -2.57. The third-order valence-corrected chi connectivity index (χ3v) is 3.43. The highest BCUT2D eigenvalue weighted by Gasteiger charge is 2.32. The second kappa shape index (κ2) is 6.15. The van der Waals surface area contributed by atoms with Crippen LogP contribution in [0.25, 0.3) is 0 Å². The van der Waals surface area contributed by atoms with E-state index in [1.54, 1.807) is 4.90 Å². The van der Waals surface area contributed by atoms with Crippen molar-refractivity contribution in [2.45, 2.75) is 31.4 Å². The van der Waals surface area contributed by atoms with E-state index in [2.05, 4.69) is 10.1 Å². The Balaban J connectivity index is 1.87. The number of hydrogen-bond acceptors (Lipinski definition) is 5. The van der Waals surface area contributed by atoms with E-state index in [-0.39, 0.29) is 24.4 Å². The number of nitrogens with zero attached hydrogens (tertiary/aromatic N) is 1. The lowest BCUT2D eigenvalue weighted by Gasteiger charge is -2.34. The van der Waals surface area contributed by atoms with Crippen molar-refractivity contribution in [3.8, 4) is 0 Å². The van der Waals surface area contributed by atoms with Gasteiger partial charge in [-0.15, -0.1) is 0 Å². The highest BCUT2D eigenvalue weighted by atomic mass is 16.5. The first-order valence-corrected chi connectivity index (χ1v) is 6.41. The van der Waals surface area contributed by atoms with Gasteiger partial charge in [-0.2, -0.15) is 0 Å². The monoisotopic (exact) mass is 256 g/mol. The molecule has 0 spiro atoms. The van der Waals surface area contributed by atoms with E-state index >= 15 is 0 Å². The van der Waals surface area contributed by atoms with Gasteiger partial charge in [0.25, 0.3) is 0 Å². The fourth-order valence-corrected chi connectivity index (χ4v) is 2.42. The molecule has 2 unspecified atom stereocenters. The minimum Gasteiger partial charge on any atom is -0.469 e. The van der Waals surface area contributed by atoms with Gasteiger partial charge in [0.2, 0.25) is 5.91 Å². The number of ether oxygens (including phenoxy) is 2. The van der Waals surface area contributed by atoms with Crippen LogP contribution in [0.4, 0.5) is 0 Å².